The third-order valence-corrected chi connectivity index (χ3v) is 7.84. The van der Waals surface area contributed by atoms with Crippen molar-refractivity contribution in [2.45, 2.75) is 89.3 Å². The molecule has 0 aromatic carbocycles. The normalized spacial score (nSPS) is 50.7. The van der Waals surface area contributed by atoms with Crippen LogP contribution in [0.5, 0.6) is 0 Å². The number of carbonyl (C=O) groups excluding carboxylic acids is 2. The first-order valence-corrected chi connectivity index (χ1v) is 10.5. The summed E-state index contributed by atoms with van der Waals surface area (Å²) >= 11 is 0. The summed E-state index contributed by atoms with van der Waals surface area (Å²) in [6, 6.07) is 0. The molecule has 6 heteroatoms. The maximum atomic E-state index is 12.9. The Kier molecular flexibility index (Phi) is 4.66. The van der Waals surface area contributed by atoms with Gasteiger partial charge in [-0.15, -0.1) is 0 Å². The average Bonchev–Trinajstić information content (AvgIpc) is 2.97. The first-order chi connectivity index (χ1) is 13.1. The van der Waals surface area contributed by atoms with Crippen LogP contribution in [-0.4, -0.2) is 46.6 Å². The lowest BCUT2D eigenvalue weighted by Crippen LogP contribution is -2.54. The highest BCUT2D eigenvalue weighted by Gasteiger charge is 2.66. The molecule has 1 aliphatic carbocycles. The van der Waals surface area contributed by atoms with Gasteiger partial charge in [0, 0.05) is 18.8 Å². The van der Waals surface area contributed by atoms with Crippen LogP contribution in [0, 0.1) is 23.7 Å². The molecule has 4 aliphatic rings. The predicted molar refractivity (Wildman–Crippen MR) is 101 cm³/mol. The molecule has 3 heterocycles. The van der Waals surface area contributed by atoms with Crippen molar-refractivity contribution in [2.24, 2.45) is 23.7 Å². The molecule has 3 aliphatic heterocycles. The SMILES string of the molecule is C=C1CC2OC3[C@H]4C(CC[C@@](C)(OC(C)=O)[C@@H]24)[C@@H](C)C(=O)O[C@@]3(C)CC[C@H]1O. The van der Waals surface area contributed by atoms with Crippen molar-refractivity contribution in [3.8, 4) is 0 Å². The van der Waals surface area contributed by atoms with Crippen molar-refractivity contribution >= 4 is 11.9 Å². The van der Waals surface area contributed by atoms with Crippen LogP contribution in [0.4, 0.5) is 0 Å². The van der Waals surface area contributed by atoms with Gasteiger partial charge in [0.1, 0.15) is 17.3 Å². The number of fused-ring (bicyclic) bond motifs is 2. The van der Waals surface area contributed by atoms with Crippen LogP contribution < -0.4 is 0 Å². The van der Waals surface area contributed by atoms with E-state index in [1.165, 1.54) is 6.92 Å². The second-order valence-electron chi connectivity index (χ2n) is 9.75. The average molecular weight is 392 g/mol. The number of carbonyl (C=O) groups is 2. The van der Waals surface area contributed by atoms with Crippen molar-refractivity contribution < 1.29 is 28.9 Å². The molecule has 2 bridgehead atoms. The standard InChI is InChI=1S/C22H32O6/c1-11-10-16-18-17-14(6-8-21(18,4)27-13(3)23)12(2)20(25)28-22(5,19(17)26-16)9-7-15(11)24/h12,14-19,24H,1,6-10H2,2-5H3/t12-,14?,15-,16?,17+,18+,19?,21-,22+/m1/s1. The minimum absolute atomic E-state index is 0.0570. The molecule has 3 unspecified atom stereocenters. The second kappa shape index (κ2) is 6.56. The van der Waals surface area contributed by atoms with Gasteiger partial charge in [-0.1, -0.05) is 13.5 Å². The summed E-state index contributed by atoms with van der Waals surface area (Å²) in [5, 5.41) is 10.6. The molecule has 9 atom stereocenters. The van der Waals surface area contributed by atoms with E-state index in [9.17, 15) is 14.7 Å². The molecule has 3 saturated heterocycles. The molecule has 0 aromatic rings. The Morgan fingerprint density at radius 1 is 1.29 bits per heavy atom. The van der Waals surface area contributed by atoms with E-state index in [4.69, 9.17) is 14.2 Å². The Balaban J connectivity index is 1.84. The van der Waals surface area contributed by atoms with Crippen LogP contribution in [0.15, 0.2) is 12.2 Å². The van der Waals surface area contributed by atoms with Gasteiger partial charge in [-0.3, -0.25) is 9.59 Å². The largest absolute Gasteiger partial charge is 0.459 e. The summed E-state index contributed by atoms with van der Waals surface area (Å²) in [7, 11) is 0. The van der Waals surface area contributed by atoms with Gasteiger partial charge >= 0.3 is 11.9 Å². The van der Waals surface area contributed by atoms with Crippen molar-refractivity contribution in [2.75, 3.05) is 0 Å². The summed E-state index contributed by atoms with van der Waals surface area (Å²) in [4.78, 5) is 24.8. The molecule has 0 aromatic heterocycles. The number of aliphatic hydroxyl groups is 1. The molecule has 156 valence electrons. The van der Waals surface area contributed by atoms with Crippen molar-refractivity contribution in [3.05, 3.63) is 12.2 Å². The van der Waals surface area contributed by atoms with Crippen LogP contribution in [0.25, 0.3) is 0 Å². The number of esters is 2. The van der Waals surface area contributed by atoms with E-state index in [0.29, 0.717) is 25.7 Å². The number of ether oxygens (including phenoxy) is 3. The fourth-order valence-corrected chi connectivity index (χ4v) is 6.43. The third-order valence-electron chi connectivity index (χ3n) is 7.84. The summed E-state index contributed by atoms with van der Waals surface area (Å²) in [6.45, 7) is 11.4. The summed E-state index contributed by atoms with van der Waals surface area (Å²) < 4.78 is 18.5. The summed E-state index contributed by atoms with van der Waals surface area (Å²) in [5.74, 6) is -0.572. The Hall–Kier alpha value is -1.40. The second-order valence-corrected chi connectivity index (χ2v) is 9.75. The zero-order valence-corrected chi connectivity index (χ0v) is 17.3. The number of aliphatic hydroxyl groups excluding tert-OH is 1. The Morgan fingerprint density at radius 3 is 2.68 bits per heavy atom. The molecule has 28 heavy (non-hydrogen) atoms. The first-order valence-electron chi connectivity index (χ1n) is 10.5. The van der Waals surface area contributed by atoms with Crippen molar-refractivity contribution in [1.29, 1.82) is 0 Å². The highest BCUT2D eigenvalue weighted by molar-refractivity contribution is 5.73. The Labute approximate surface area is 166 Å². The summed E-state index contributed by atoms with van der Waals surface area (Å²) in [6.07, 6.45) is 1.89. The highest BCUT2D eigenvalue weighted by Crippen LogP contribution is 2.59. The topological polar surface area (TPSA) is 82.1 Å². The molecular formula is C22H32O6. The smallest absolute Gasteiger partial charge is 0.309 e. The first kappa shape index (κ1) is 19.9. The lowest BCUT2D eigenvalue weighted by molar-refractivity contribution is -0.180. The van der Waals surface area contributed by atoms with E-state index in [-0.39, 0.29) is 47.8 Å². The number of hydrogen-bond donors (Lipinski definition) is 1. The maximum Gasteiger partial charge on any atom is 0.309 e. The monoisotopic (exact) mass is 392 g/mol. The van der Waals surface area contributed by atoms with Crippen LogP contribution in [-0.2, 0) is 23.8 Å². The van der Waals surface area contributed by atoms with Gasteiger partial charge < -0.3 is 19.3 Å². The Bertz CT molecular complexity index is 703. The molecule has 0 spiro atoms. The lowest BCUT2D eigenvalue weighted by Gasteiger charge is -2.48. The maximum absolute atomic E-state index is 12.9. The van der Waals surface area contributed by atoms with Gasteiger partial charge in [-0.25, -0.2) is 0 Å². The molecule has 1 saturated carbocycles. The van der Waals surface area contributed by atoms with Gasteiger partial charge in [0.05, 0.1) is 18.1 Å². The number of rotatable bonds is 1. The van der Waals surface area contributed by atoms with E-state index < -0.39 is 17.3 Å². The molecule has 0 radical (unpaired) electrons. The summed E-state index contributed by atoms with van der Waals surface area (Å²) in [5.41, 5.74) is -0.734. The quantitative estimate of drug-likeness (QED) is 0.546. The lowest BCUT2D eigenvalue weighted by atomic mass is 9.58. The van der Waals surface area contributed by atoms with Crippen LogP contribution in [0.1, 0.15) is 59.8 Å². The minimum atomic E-state index is -0.808. The van der Waals surface area contributed by atoms with E-state index in [0.717, 1.165) is 12.0 Å². The molecular weight excluding hydrogens is 360 g/mol. The minimum Gasteiger partial charge on any atom is -0.459 e. The van der Waals surface area contributed by atoms with Gasteiger partial charge in [0.25, 0.3) is 0 Å². The van der Waals surface area contributed by atoms with E-state index in [1.54, 1.807) is 0 Å². The Morgan fingerprint density at radius 2 is 2.00 bits per heavy atom. The van der Waals surface area contributed by atoms with E-state index in [1.807, 2.05) is 20.8 Å². The predicted octanol–water partition coefficient (Wildman–Crippen LogP) is 2.77. The van der Waals surface area contributed by atoms with Gasteiger partial charge in [0.15, 0.2) is 0 Å². The van der Waals surface area contributed by atoms with Crippen LogP contribution >= 0.6 is 0 Å². The van der Waals surface area contributed by atoms with E-state index in [2.05, 4.69) is 6.58 Å². The zero-order valence-electron chi connectivity index (χ0n) is 17.3. The molecule has 0 amide bonds. The number of hydrogen-bond acceptors (Lipinski definition) is 6. The molecule has 4 rings (SSSR count). The molecule has 1 N–H and O–H groups in total. The van der Waals surface area contributed by atoms with Crippen LogP contribution in [0.3, 0.4) is 0 Å². The van der Waals surface area contributed by atoms with E-state index >= 15 is 0 Å². The van der Waals surface area contributed by atoms with Crippen molar-refractivity contribution in [3.63, 3.8) is 0 Å². The molecule has 4 fully saturated rings. The van der Waals surface area contributed by atoms with Crippen LogP contribution in [0.2, 0.25) is 0 Å². The van der Waals surface area contributed by atoms with Gasteiger partial charge in [-0.2, -0.15) is 0 Å². The fraction of sp³-hybridized carbons (Fsp3) is 0.818. The van der Waals surface area contributed by atoms with Crippen molar-refractivity contribution in [1.82, 2.24) is 0 Å². The highest BCUT2D eigenvalue weighted by atomic mass is 16.6. The van der Waals surface area contributed by atoms with Gasteiger partial charge in [0.2, 0.25) is 0 Å². The van der Waals surface area contributed by atoms with Gasteiger partial charge in [-0.05, 0) is 57.4 Å². The third kappa shape index (κ3) is 2.91. The zero-order chi connectivity index (χ0) is 20.4. The fourth-order valence-electron chi connectivity index (χ4n) is 6.43. The molecule has 6 nitrogen and oxygen atoms in total.